The van der Waals surface area contributed by atoms with Crippen molar-refractivity contribution in [3.63, 3.8) is 0 Å². The van der Waals surface area contributed by atoms with Crippen LogP contribution in [0.5, 0.6) is 0 Å². The van der Waals surface area contributed by atoms with E-state index in [2.05, 4.69) is 36.0 Å². The van der Waals surface area contributed by atoms with Gasteiger partial charge in [0.25, 0.3) is 0 Å². The van der Waals surface area contributed by atoms with Gasteiger partial charge in [0.05, 0.1) is 10.9 Å². The normalized spacial score (nSPS) is 20.0. The van der Waals surface area contributed by atoms with Crippen LogP contribution in [0.4, 0.5) is 0 Å². The molecule has 124 valence electrons. The Balaban J connectivity index is 2.03. The number of aliphatic imine (C=N–C) groups is 1. The summed E-state index contributed by atoms with van der Waals surface area (Å²) in [7, 11) is 0. The number of nitrogens with one attached hydrogen (secondary N) is 1. The van der Waals surface area contributed by atoms with Gasteiger partial charge in [-0.05, 0) is 32.9 Å². The van der Waals surface area contributed by atoms with Crippen molar-refractivity contribution in [2.24, 2.45) is 4.99 Å². The van der Waals surface area contributed by atoms with Crippen LogP contribution in [-0.4, -0.2) is 52.6 Å². The average Bonchev–Trinajstić information content (AvgIpc) is 2.88. The molecule has 2 N–H and O–H groups in total. The molecule has 2 rings (SSSR count). The van der Waals surface area contributed by atoms with E-state index in [1.807, 2.05) is 23.9 Å². The first-order valence-electron chi connectivity index (χ1n) is 7.52. The number of hydrogen-bond donors (Lipinski definition) is 2. The number of thiophene rings is 1. The molecule has 1 fully saturated rings. The summed E-state index contributed by atoms with van der Waals surface area (Å²) in [6.07, 6.45) is -0.599. The number of aliphatic hydroxyl groups excluding tert-OH is 1. The number of nitrogens with zero attached hydrogens (tertiary/aromatic N) is 2. The predicted molar refractivity (Wildman–Crippen MR) is 98.4 cm³/mol. The first-order valence-corrected chi connectivity index (χ1v) is 9.70. The van der Waals surface area contributed by atoms with Gasteiger partial charge < -0.3 is 15.3 Å². The maximum absolute atomic E-state index is 10.2. The van der Waals surface area contributed by atoms with Crippen molar-refractivity contribution in [2.45, 2.75) is 31.6 Å². The van der Waals surface area contributed by atoms with Gasteiger partial charge in [-0.1, -0.05) is 11.6 Å². The summed E-state index contributed by atoms with van der Waals surface area (Å²) >= 11 is 9.32. The van der Waals surface area contributed by atoms with Crippen LogP contribution in [0.25, 0.3) is 0 Å². The highest BCUT2D eigenvalue weighted by Gasteiger charge is 2.28. The minimum atomic E-state index is -0.599. The zero-order chi connectivity index (χ0) is 16.2. The second-order valence-corrected chi connectivity index (χ2v) is 9.43. The maximum Gasteiger partial charge on any atom is 0.194 e. The van der Waals surface area contributed by atoms with Crippen LogP contribution >= 0.6 is 34.7 Å². The van der Waals surface area contributed by atoms with Crippen LogP contribution in [0.2, 0.25) is 4.34 Å². The van der Waals surface area contributed by atoms with Crippen molar-refractivity contribution in [1.82, 2.24) is 10.2 Å². The molecule has 1 atom stereocenters. The molecular weight excluding hydrogens is 338 g/mol. The van der Waals surface area contributed by atoms with Gasteiger partial charge in [-0.15, -0.1) is 11.3 Å². The Morgan fingerprint density at radius 3 is 2.91 bits per heavy atom. The van der Waals surface area contributed by atoms with E-state index < -0.39 is 6.10 Å². The van der Waals surface area contributed by atoms with Gasteiger partial charge >= 0.3 is 0 Å². The number of aliphatic hydroxyl groups is 1. The molecule has 0 bridgehead atoms. The Morgan fingerprint density at radius 2 is 2.32 bits per heavy atom. The quantitative estimate of drug-likeness (QED) is 0.638. The van der Waals surface area contributed by atoms with E-state index in [9.17, 15) is 5.11 Å². The van der Waals surface area contributed by atoms with Crippen molar-refractivity contribution >= 4 is 40.7 Å². The van der Waals surface area contributed by atoms with E-state index in [1.54, 1.807) is 0 Å². The van der Waals surface area contributed by atoms with Gasteiger partial charge in [0.2, 0.25) is 0 Å². The standard InChI is InChI=1S/C15H24ClN3OS2/c1-4-17-14(19-7-8-21-15(2,3)10-19)18-9-11(20)12-5-6-13(16)22-12/h5-6,11,20H,4,7-10H2,1-3H3,(H,17,18). The van der Waals surface area contributed by atoms with Gasteiger partial charge in [0.15, 0.2) is 5.96 Å². The van der Waals surface area contributed by atoms with Crippen molar-refractivity contribution in [1.29, 1.82) is 0 Å². The Hall–Kier alpha value is -0.430. The third-order valence-electron chi connectivity index (χ3n) is 3.40. The first-order chi connectivity index (χ1) is 10.4. The molecule has 0 aliphatic carbocycles. The summed E-state index contributed by atoms with van der Waals surface area (Å²) in [5, 5.41) is 13.6. The Labute approximate surface area is 146 Å². The summed E-state index contributed by atoms with van der Waals surface area (Å²) in [6.45, 7) is 9.71. The molecule has 1 saturated heterocycles. The van der Waals surface area contributed by atoms with Crippen LogP contribution in [-0.2, 0) is 0 Å². The monoisotopic (exact) mass is 361 g/mol. The van der Waals surface area contributed by atoms with E-state index in [0.717, 1.165) is 36.2 Å². The topological polar surface area (TPSA) is 47.9 Å². The minimum Gasteiger partial charge on any atom is -0.386 e. The number of hydrogen-bond acceptors (Lipinski definition) is 4. The Kier molecular flexibility index (Phi) is 6.44. The summed E-state index contributed by atoms with van der Waals surface area (Å²) in [6, 6.07) is 3.67. The molecule has 7 heteroatoms. The average molecular weight is 362 g/mol. The van der Waals surface area contributed by atoms with Crippen LogP contribution in [0.3, 0.4) is 0 Å². The van der Waals surface area contributed by atoms with Crippen molar-refractivity contribution < 1.29 is 5.11 Å². The molecule has 0 amide bonds. The second-order valence-electron chi connectivity index (χ2n) is 5.88. The molecule has 0 aromatic carbocycles. The van der Waals surface area contributed by atoms with Gasteiger partial charge in [-0.25, -0.2) is 0 Å². The number of thioether (sulfide) groups is 1. The summed E-state index contributed by atoms with van der Waals surface area (Å²) in [5.74, 6) is 1.98. The first kappa shape index (κ1) is 17.9. The largest absolute Gasteiger partial charge is 0.386 e. The molecule has 0 saturated carbocycles. The lowest BCUT2D eigenvalue weighted by atomic mass is 10.2. The van der Waals surface area contributed by atoms with Crippen molar-refractivity contribution in [2.75, 3.05) is 31.9 Å². The fraction of sp³-hybridized carbons (Fsp3) is 0.667. The third kappa shape index (κ3) is 5.05. The fourth-order valence-electron chi connectivity index (χ4n) is 2.39. The smallest absolute Gasteiger partial charge is 0.194 e. The molecule has 2 heterocycles. The summed E-state index contributed by atoms with van der Waals surface area (Å²) in [5.41, 5.74) is 0. The molecule has 1 aliphatic rings. The fourth-order valence-corrected chi connectivity index (χ4v) is 4.54. The van der Waals surface area contributed by atoms with Crippen molar-refractivity contribution in [3.8, 4) is 0 Å². The molecular formula is C15H24ClN3OS2. The molecule has 4 nitrogen and oxygen atoms in total. The van der Waals surface area contributed by atoms with Gasteiger partial charge in [-0.3, -0.25) is 4.99 Å². The highest BCUT2D eigenvalue weighted by atomic mass is 35.5. The number of guanidine groups is 1. The lowest BCUT2D eigenvalue weighted by molar-refractivity contribution is 0.190. The van der Waals surface area contributed by atoms with E-state index in [0.29, 0.717) is 10.9 Å². The summed E-state index contributed by atoms with van der Waals surface area (Å²) < 4.78 is 0.925. The van der Waals surface area contributed by atoms with E-state index in [1.165, 1.54) is 11.3 Å². The van der Waals surface area contributed by atoms with Crippen LogP contribution < -0.4 is 5.32 Å². The lowest BCUT2D eigenvalue weighted by Crippen LogP contribution is -2.51. The van der Waals surface area contributed by atoms with E-state index >= 15 is 0 Å². The minimum absolute atomic E-state index is 0.230. The van der Waals surface area contributed by atoms with Gasteiger partial charge in [0, 0.05) is 35.0 Å². The van der Waals surface area contributed by atoms with Crippen LogP contribution in [0.15, 0.2) is 17.1 Å². The lowest BCUT2D eigenvalue weighted by Gasteiger charge is -2.39. The molecule has 1 aromatic rings. The summed E-state index contributed by atoms with van der Waals surface area (Å²) in [4.78, 5) is 7.77. The zero-order valence-corrected chi connectivity index (χ0v) is 15.7. The Bertz CT molecular complexity index is 519. The highest BCUT2D eigenvalue weighted by molar-refractivity contribution is 8.00. The molecule has 1 aliphatic heterocycles. The van der Waals surface area contributed by atoms with E-state index in [4.69, 9.17) is 11.6 Å². The molecule has 22 heavy (non-hydrogen) atoms. The molecule has 1 aromatic heterocycles. The molecule has 1 unspecified atom stereocenters. The van der Waals surface area contributed by atoms with Crippen molar-refractivity contribution in [3.05, 3.63) is 21.3 Å². The highest BCUT2D eigenvalue weighted by Crippen LogP contribution is 2.30. The maximum atomic E-state index is 10.2. The van der Waals surface area contributed by atoms with E-state index in [-0.39, 0.29) is 4.75 Å². The SMILES string of the molecule is CCNC(=NCC(O)c1ccc(Cl)s1)N1CCSC(C)(C)C1. The van der Waals surface area contributed by atoms with Crippen LogP contribution in [0.1, 0.15) is 31.8 Å². The molecule has 0 radical (unpaired) electrons. The van der Waals surface area contributed by atoms with Gasteiger partial charge in [-0.2, -0.15) is 11.8 Å². The van der Waals surface area contributed by atoms with Crippen LogP contribution in [0, 0.1) is 0 Å². The second kappa shape index (κ2) is 7.90. The predicted octanol–water partition coefficient (Wildman–Crippen LogP) is 3.23. The molecule has 0 spiro atoms. The number of rotatable bonds is 4. The third-order valence-corrected chi connectivity index (χ3v) is 6.03. The number of halogens is 1. The Morgan fingerprint density at radius 1 is 1.55 bits per heavy atom. The van der Waals surface area contributed by atoms with Gasteiger partial charge in [0.1, 0.15) is 6.10 Å². The zero-order valence-electron chi connectivity index (χ0n) is 13.3.